The quantitative estimate of drug-likeness (QED) is 0.0313. The van der Waals surface area contributed by atoms with Crippen LogP contribution < -0.4 is 46.8 Å². The number of aromatic nitrogens is 3. The predicted octanol–water partition coefficient (Wildman–Crippen LogP) is 8.69. The highest BCUT2D eigenvalue weighted by Gasteiger charge is 2.58. The van der Waals surface area contributed by atoms with Gasteiger partial charge in [-0.05, 0) is 136 Å². The first-order valence-corrected chi connectivity index (χ1v) is 27.5. The third kappa shape index (κ3) is 10.1. The highest BCUT2D eigenvalue weighted by atomic mass is 79.9. The zero-order valence-corrected chi connectivity index (χ0v) is 42.6. The SMILES string of the molecule is CCc1cc(Nc2ncc(Br)c(Nc3ccc4nc(C)ccc4c3P(C)(C)=O)n2)c(OC)cc1N1CCC(NCCNC(=O)C23CCC(Nc4cc(F)c(C5CCC(=O)NC5=O)c(F)c4)(CC2)C3)CC1. The molecule has 4 fully saturated rings. The van der Waals surface area contributed by atoms with Gasteiger partial charge in [-0.3, -0.25) is 24.7 Å². The van der Waals surface area contributed by atoms with Crippen molar-refractivity contribution in [1.29, 1.82) is 0 Å². The van der Waals surface area contributed by atoms with E-state index in [1.165, 1.54) is 12.1 Å². The molecule has 19 heteroatoms. The lowest BCUT2D eigenvalue weighted by molar-refractivity contribution is -0.134. The largest absolute Gasteiger partial charge is 0.494 e. The van der Waals surface area contributed by atoms with Gasteiger partial charge in [0.15, 0.2) is 0 Å². The molecule has 2 aromatic heterocycles. The fraction of sp³-hybridized carbons (Fsp3) is 0.451. The molecule has 2 saturated carbocycles. The van der Waals surface area contributed by atoms with Gasteiger partial charge in [0, 0.05) is 89.8 Å². The number of benzene rings is 3. The molecule has 1 unspecified atom stereocenters. The van der Waals surface area contributed by atoms with Crippen molar-refractivity contribution in [2.75, 3.05) is 67.5 Å². The summed E-state index contributed by atoms with van der Waals surface area (Å²) in [7, 11) is -1.10. The minimum atomic E-state index is -2.75. The van der Waals surface area contributed by atoms with E-state index >= 15 is 8.78 Å². The van der Waals surface area contributed by atoms with Crippen LogP contribution in [0.25, 0.3) is 10.9 Å². The maximum Gasteiger partial charge on any atom is 0.234 e. The second kappa shape index (κ2) is 19.8. The van der Waals surface area contributed by atoms with Crippen molar-refractivity contribution in [3.8, 4) is 5.75 Å². The molecule has 2 aliphatic heterocycles. The fourth-order valence-corrected chi connectivity index (χ4v) is 12.9. The van der Waals surface area contributed by atoms with Crippen molar-refractivity contribution < 1.29 is 32.5 Å². The Kier molecular flexibility index (Phi) is 14.0. The number of imide groups is 1. The van der Waals surface area contributed by atoms with Crippen LogP contribution in [0, 0.1) is 24.0 Å². The van der Waals surface area contributed by atoms with Crippen molar-refractivity contribution >= 4 is 91.5 Å². The van der Waals surface area contributed by atoms with E-state index in [1.54, 1.807) is 26.6 Å². The Balaban J connectivity index is 0.770. The van der Waals surface area contributed by atoms with E-state index in [0.29, 0.717) is 84.2 Å². The van der Waals surface area contributed by atoms with Gasteiger partial charge in [-0.25, -0.2) is 13.8 Å². The summed E-state index contributed by atoms with van der Waals surface area (Å²) in [6.45, 7) is 10.4. The molecule has 3 amide bonds. The highest BCUT2D eigenvalue weighted by molar-refractivity contribution is 9.10. The standard InChI is InChI=1S/C51H60BrF2N10O5P/c1-6-30-23-40(60-49-57-27-35(52)46(62-49)59-39-11-10-38-33(8-7-29(2)58-38)45(39)70(4,5)68)42(69-3)26-41(30)64-21-13-31(14-22-64)55-19-20-56-48(67)50-15-17-51(28-50,18-16-50)63-32-24-36(53)44(37(54)25-32)34-9-12-43(65)61-47(34)66/h7-8,10-11,23-27,31,34,55,63H,6,9,12-22,28H2,1-5H3,(H,56,67)(H,61,65,66)(H2,57,59,60,62). The van der Waals surface area contributed by atoms with Crippen LogP contribution in [-0.2, 0) is 25.4 Å². The van der Waals surface area contributed by atoms with Gasteiger partial charge >= 0.3 is 0 Å². The van der Waals surface area contributed by atoms with Gasteiger partial charge in [0.2, 0.25) is 23.7 Å². The minimum Gasteiger partial charge on any atom is -0.494 e. The van der Waals surface area contributed by atoms with Crippen molar-refractivity contribution in [1.82, 2.24) is 30.9 Å². The molecule has 370 valence electrons. The van der Waals surface area contributed by atoms with Gasteiger partial charge in [-0.15, -0.1) is 0 Å². The number of fused-ring (bicyclic) bond motifs is 3. The third-order valence-electron chi connectivity index (χ3n) is 14.6. The summed E-state index contributed by atoms with van der Waals surface area (Å²) in [6, 6.07) is 14.6. The number of carbonyl (C=O) groups excluding carboxylic acids is 3. The molecule has 4 heterocycles. The van der Waals surface area contributed by atoms with Gasteiger partial charge in [-0.1, -0.05) is 13.0 Å². The van der Waals surface area contributed by atoms with Gasteiger partial charge in [-0.2, -0.15) is 4.98 Å². The number of pyridine rings is 1. The first-order valence-electron chi connectivity index (χ1n) is 24.1. The lowest BCUT2D eigenvalue weighted by Crippen LogP contribution is -2.46. The van der Waals surface area contributed by atoms with Gasteiger partial charge in [0.05, 0.1) is 39.8 Å². The Morgan fingerprint density at radius 2 is 1.70 bits per heavy atom. The average molecular weight is 1040 g/mol. The number of hydrogen-bond donors (Lipinski definition) is 6. The van der Waals surface area contributed by atoms with Crippen LogP contribution in [0.5, 0.6) is 5.75 Å². The second-order valence-electron chi connectivity index (χ2n) is 19.7. The maximum absolute atomic E-state index is 15.3. The smallest absolute Gasteiger partial charge is 0.234 e. The number of ether oxygens (including phenoxy) is 1. The van der Waals surface area contributed by atoms with Crippen LogP contribution in [0.3, 0.4) is 0 Å². The van der Waals surface area contributed by atoms with Crippen molar-refractivity contribution in [2.45, 2.75) is 95.6 Å². The van der Waals surface area contributed by atoms with E-state index in [4.69, 9.17) is 9.72 Å². The lowest BCUT2D eigenvalue weighted by atomic mass is 9.83. The molecule has 3 aromatic carbocycles. The topological polar surface area (TPSA) is 192 Å². The first-order chi connectivity index (χ1) is 33.5. The van der Waals surface area contributed by atoms with E-state index in [1.807, 2.05) is 31.2 Å². The number of anilines is 6. The van der Waals surface area contributed by atoms with E-state index in [0.717, 1.165) is 65.9 Å². The van der Waals surface area contributed by atoms with Crippen molar-refractivity contribution in [3.63, 3.8) is 0 Å². The number of rotatable bonds is 16. The van der Waals surface area contributed by atoms with Gasteiger partial charge < -0.3 is 40.8 Å². The first kappa shape index (κ1) is 49.3. The third-order valence-corrected chi connectivity index (χ3v) is 16.8. The van der Waals surface area contributed by atoms with Crippen molar-refractivity contribution in [3.05, 3.63) is 87.7 Å². The molecule has 4 aliphatic rings. The molecule has 0 spiro atoms. The zero-order valence-electron chi connectivity index (χ0n) is 40.2. The predicted molar refractivity (Wildman–Crippen MR) is 274 cm³/mol. The highest BCUT2D eigenvalue weighted by Crippen LogP contribution is 2.58. The van der Waals surface area contributed by atoms with Crippen LogP contribution >= 0.6 is 23.1 Å². The number of halogens is 3. The number of carbonyl (C=O) groups is 3. The Morgan fingerprint density at radius 1 is 0.957 bits per heavy atom. The normalized spacial score (nSPS) is 21.5. The van der Waals surface area contributed by atoms with Crippen molar-refractivity contribution in [2.24, 2.45) is 5.41 Å². The number of piperidine rings is 2. The second-order valence-corrected chi connectivity index (χ2v) is 23.7. The van der Waals surface area contributed by atoms with Crippen LogP contribution in [-0.4, -0.2) is 90.9 Å². The number of hydrogen-bond acceptors (Lipinski definition) is 13. The summed E-state index contributed by atoms with van der Waals surface area (Å²) in [5.41, 5.74) is 4.33. The minimum absolute atomic E-state index is 0.0206. The Labute approximate surface area is 415 Å². The molecule has 6 N–H and O–H groups in total. The molecule has 2 aliphatic carbocycles. The van der Waals surface area contributed by atoms with Gasteiger partial charge in [0.1, 0.15) is 30.3 Å². The number of methoxy groups -OCH3 is 1. The number of aryl methyl sites for hydroxylation is 2. The zero-order chi connectivity index (χ0) is 49.5. The summed E-state index contributed by atoms with van der Waals surface area (Å²) in [6.07, 6.45) is 7.75. The summed E-state index contributed by atoms with van der Waals surface area (Å²) >= 11 is 3.60. The summed E-state index contributed by atoms with van der Waals surface area (Å²) in [5.74, 6) is -2.31. The number of nitrogens with zero attached hydrogens (tertiary/aromatic N) is 4. The van der Waals surface area contributed by atoms with Crippen LogP contribution in [0.4, 0.5) is 43.3 Å². The molecule has 2 bridgehead atoms. The fourth-order valence-electron chi connectivity index (χ4n) is 11.1. The number of amides is 3. The maximum atomic E-state index is 15.3. The van der Waals surface area contributed by atoms with E-state index in [2.05, 4.69) is 81.8 Å². The molecule has 9 rings (SSSR count). The number of nitrogens with one attached hydrogen (secondary N) is 6. The molecular weight excluding hydrogens is 981 g/mol. The summed E-state index contributed by atoms with van der Waals surface area (Å²) in [4.78, 5) is 54.0. The Hall–Kier alpha value is -5.71. The molecule has 2 saturated heterocycles. The summed E-state index contributed by atoms with van der Waals surface area (Å²) in [5, 5.41) is 20.7. The molecule has 70 heavy (non-hydrogen) atoms. The van der Waals surface area contributed by atoms with E-state index in [-0.39, 0.29) is 30.0 Å². The molecule has 1 atom stereocenters. The van der Waals surface area contributed by atoms with Crippen LogP contribution in [0.15, 0.2) is 59.2 Å². The molecule has 0 radical (unpaired) electrons. The molecule has 5 aromatic rings. The molecule has 15 nitrogen and oxygen atoms in total. The molecular formula is C51H60BrF2N10O5P. The Morgan fingerprint density at radius 3 is 2.39 bits per heavy atom. The monoisotopic (exact) mass is 1040 g/mol. The summed E-state index contributed by atoms with van der Waals surface area (Å²) < 4.78 is 50.8. The van der Waals surface area contributed by atoms with E-state index in [9.17, 15) is 18.9 Å². The average Bonchev–Trinajstić information content (AvgIpc) is 3.89. The Bertz CT molecular complexity index is 2900. The van der Waals surface area contributed by atoms with Crippen LogP contribution in [0.1, 0.15) is 87.4 Å². The van der Waals surface area contributed by atoms with Crippen LogP contribution in [0.2, 0.25) is 0 Å². The van der Waals surface area contributed by atoms with E-state index < -0.39 is 47.5 Å². The van der Waals surface area contributed by atoms with Gasteiger partial charge in [0.25, 0.3) is 0 Å². The lowest BCUT2D eigenvalue weighted by Gasteiger charge is -2.35.